The average Bonchev–Trinajstić information content (AvgIpc) is 3.17. The van der Waals surface area contributed by atoms with Gasteiger partial charge in [0, 0.05) is 43.2 Å². The summed E-state index contributed by atoms with van der Waals surface area (Å²) in [5.74, 6) is 0.898. The van der Waals surface area contributed by atoms with Gasteiger partial charge in [0.15, 0.2) is 6.73 Å². The maximum atomic E-state index is 5.91. The predicted molar refractivity (Wildman–Crippen MR) is 126 cm³/mol. The van der Waals surface area contributed by atoms with Gasteiger partial charge >= 0.3 is 0 Å². The molecule has 0 unspecified atom stereocenters. The van der Waals surface area contributed by atoms with Crippen LogP contribution in [0.3, 0.4) is 0 Å². The van der Waals surface area contributed by atoms with E-state index in [4.69, 9.17) is 4.74 Å². The van der Waals surface area contributed by atoms with Crippen molar-refractivity contribution in [1.29, 1.82) is 0 Å². The Hall–Kier alpha value is -3.40. The van der Waals surface area contributed by atoms with E-state index in [2.05, 4.69) is 77.4 Å². The summed E-state index contributed by atoms with van der Waals surface area (Å²) in [5.41, 5.74) is 4.44. The molecule has 4 heteroatoms. The van der Waals surface area contributed by atoms with E-state index in [-0.39, 0.29) is 0 Å². The molecule has 0 atom stereocenters. The van der Waals surface area contributed by atoms with Gasteiger partial charge in [0.1, 0.15) is 5.75 Å². The highest BCUT2D eigenvalue weighted by Gasteiger charge is 2.23. The van der Waals surface area contributed by atoms with Crippen LogP contribution in [0.1, 0.15) is 0 Å². The molecule has 1 heterocycles. The van der Waals surface area contributed by atoms with Crippen molar-refractivity contribution in [3.05, 3.63) is 93.1 Å². The Morgan fingerprint density at radius 3 is 1.83 bits per heavy atom. The highest BCUT2D eigenvalue weighted by Crippen LogP contribution is 2.41. The zero-order valence-corrected chi connectivity index (χ0v) is 17.0. The van der Waals surface area contributed by atoms with E-state index in [1.54, 1.807) is 0 Å². The van der Waals surface area contributed by atoms with Gasteiger partial charge in [-0.1, -0.05) is 24.3 Å². The van der Waals surface area contributed by atoms with Crippen LogP contribution < -0.4 is 19.4 Å². The molecule has 0 fully saturated rings. The van der Waals surface area contributed by atoms with Gasteiger partial charge in [-0.25, -0.2) is 0 Å². The Morgan fingerprint density at radius 2 is 1.28 bits per heavy atom. The van der Waals surface area contributed by atoms with E-state index in [9.17, 15) is 0 Å². The molecular formula is C25H29N3O. The summed E-state index contributed by atoms with van der Waals surface area (Å²) in [4.78, 5) is 6.63. The summed E-state index contributed by atoms with van der Waals surface area (Å²) in [6.07, 6.45) is 7.62. The lowest BCUT2D eigenvalue weighted by atomic mass is 10.2. The topological polar surface area (TPSA) is 19.0 Å². The van der Waals surface area contributed by atoms with Crippen molar-refractivity contribution in [1.82, 2.24) is 0 Å². The summed E-state index contributed by atoms with van der Waals surface area (Å²) < 4.78 is 5.91. The number of anilines is 4. The van der Waals surface area contributed by atoms with Crippen LogP contribution in [0, 0.1) is 0 Å². The second-order valence-corrected chi connectivity index (χ2v) is 6.83. The molecule has 0 aromatic heterocycles. The summed E-state index contributed by atoms with van der Waals surface area (Å²) in [6, 6.07) is 14.8. The van der Waals surface area contributed by atoms with Gasteiger partial charge in [0.05, 0.1) is 5.69 Å². The third-order valence-corrected chi connectivity index (χ3v) is 4.87. The van der Waals surface area contributed by atoms with Crippen LogP contribution in [-0.4, -0.2) is 32.9 Å². The Labute approximate surface area is 174 Å². The van der Waals surface area contributed by atoms with E-state index in [1.165, 1.54) is 0 Å². The van der Waals surface area contributed by atoms with Gasteiger partial charge in [0.2, 0.25) is 0 Å². The molecule has 4 nitrogen and oxygen atoms in total. The molecule has 0 saturated carbocycles. The lowest BCUT2D eigenvalue weighted by molar-refractivity contribution is 0.357. The second-order valence-electron chi connectivity index (χ2n) is 6.83. The van der Waals surface area contributed by atoms with Crippen molar-refractivity contribution in [3.63, 3.8) is 0 Å². The minimum atomic E-state index is 0.504. The molecule has 2 aromatic carbocycles. The number of hydrogen-bond donors (Lipinski definition) is 0. The lowest BCUT2D eigenvalue weighted by Crippen LogP contribution is -2.23. The summed E-state index contributed by atoms with van der Waals surface area (Å²) in [5, 5.41) is 0. The second kappa shape index (κ2) is 9.69. The van der Waals surface area contributed by atoms with Crippen LogP contribution in [0.5, 0.6) is 5.75 Å². The van der Waals surface area contributed by atoms with Crippen molar-refractivity contribution in [3.8, 4) is 5.75 Å². The minimum absolute atomic E-state index is 0.504. The third-order valence-electron chi connectivity index (χ3n) is 4.87. The molecule has 0 spiro atoms. The number of benzene rings is 2. The molecular weight excluding hydrogens is 358 g/mol. The fraction of sp³-hybridized carbons (Fsp3) is 0.200. The number of fused-ring (bicyclic) bond motifs is 1. The molecule has 1 aliphatic rings. The van der Waals surface area contributed by atoms with Gasteiger partial charge < -0.3 is 19.4 Å². The van der Waals surface area contributed by atoms with Crippen molar-refractivity contribution in [2.24, 2.45) is 0 Å². The first-order valence-electron chi connectivity index (χ1n) is 9.79. The first-order chi connectivity index (χ1) is 14.2. The fourth-order valence-corrected chi connectivity index (χ4v) is 3.49. The summed E-state index contributed by atoms with van der Waals surface area (Å²) >= 11 is 0. The van der Waals surface area contributed by atoms with Gasteiger partial charge in [-0.15, -0.1) is 26.3 Å². The van der Waals surface area contributed by atoms with Crippen molar-refractivity contribution >= 4 is 22.7 Å². The van der Waals surface area contributed by atoms with Gasteiger partial charge in [-0.05, 0) is 42.5 Å². The van der Waals surface area contributed by atoms with Gasteiger partial charge in [0.25, 0.3) is 0 Å². The lowest BCUT2D eigenvalue weighted by Gasteiger charge is -2.24. The van der Waals surface area contributed by atoms with Gasteiger partial charge in [-0.2, -0.15) is 0 Å². The highest BCUT2D eigenvalue weighted by atomic mass is 16.5. The smallest absolute Gasteiger partial charge is 0.165 e. The Kier molecular flexibility index (Phi) is 6.80. The van der Waals surface area contributed by atoms with Crippen LogP contribution in [0.15, 0.2) is 93.1 Å². The molecule has 0 bridgehead atoms. The van der Waals surface area contributed by atoms with Crippen LogP contribution in [-0.2, 0) is 0 Å². The molecule has 0 radical (unpaired) electrons. The molecule has 2 aromatic rings. The maximum absolute atomic E-state index is 5.91. The van der Waals surface area contributed by atoms with E-state index in [0.29, 0.717) is 6.73 Å². The normalized spacial score (nSPS) is 11.9. The number of rotatable bonds is 11. The standard InChI is InChI=1S/C25H29N3O/c1-5-15-26(16-6-2)21-9-11-22(12-10-21)28-20-29-25-14-13-23(19-24(25)28)27(17-7-3)18-8-4/h5-14,19H,1-4,15-18,20H2. The van der Waals surface area contributed by atoms with Crippen molar-refractivity contribution in [2.45, 2.75) is 0 Å². The SMILES string of the molecule is C=CCN(CC=C)c1ccc(N2COc3ccc(N(CC=C)CC=C)cc32)cc1. The molecule has 3 rings (SSSR count). The number of nitrogens with zero attached hydrogens (tertiary/aromatic N) is 3. The predicted octanol–water partition coefficient (Wildman–Crippen LogP) is 5.53. The molecule has 29 heavy (non-hydrogen) atoms. The molecule has 0 N–H and O–H groups in total. The monoisotopic (exact) mass is 387 g/mol. The molecule has 150 valence electrons. The van der Waals surface area contributed by atoms with Crippen LogP contribution >= 0.6 is 0 Å². The van der Waals surface area contributed by atoms with E-state index in [0.717, 1.165) is 54.7 Å². The summed E-state index contributed by atoms with van der Waals surface area (Å²) in [6.45, 7) is 19.0. The first kappa shape index (κ1) is 20.3. The highest BCUT2D eigenvalue weighted by molar-refractivity contribution is 5.76. The summed E-state index contributed by atoms with van der Waals surface area (Å²) in [7, 11) is 0. The maximum Gasteiger partial charge on any atom is 0.165 e. The number of ether oxygens (including phenoxy) is 1. The zero-order chi connectivity index (χ0) is 20.6. The Balaban J connectivity index is 1.86. The molecule has 1 aliphatic heterocycles. The van der Waals surface area contributed by atoms with E-state index >= 15 is 0 Å². The van der Waals surface area contributed by atoms with Crippen LogP contribution in [0.25, 0.3) is 0 Å². The first-order valence-corrected chi connectivity index (χ1v) is 9.79. The molecule has 0 amide bonds. The Bertz CT molecular complexity index is 852. The quantitative estimate of drug-likeness (QED) is 0.472. The fourth-order valence-electron chi connectivity index (χ4n) is 3.49. The average molecular weight is 388 g/mol. The molecule has 0 saturated heterocycles. The van der Waals surface area contributed by atoms with Gasteiger partial charge in [-0.3, -0.25) is 0 Å². The minimum Gasteiger partial charge on any atom is -0.471 e. The van der Waals surface area contributed by atoms with E-state index < -0.39 is 0 Å². The number of hydrogen-bond acceptors (Lipinski definition) is 4. The zero-order valence-electron chi connectivity index (χ0n) is 17.0. The van der Waals surface area contributed by atoms with Crippen molar-refractivity contribution in [2.75, 3.05) is 47.6 Å². The van der Waals surface area contributed by atoms with E-state index in [1.807, 2.05) is 30.4 Å². The van der Waals surface area contributed by atoms with Crippen molar-refractivity contribution < 1.29 is 4.74 Å². The van der Waals surface area contributed by atoms with Crippen LogP contribution in [0.4, 0.5) is 22.7 Å². The Morgan fingerprint density at radius 1 is 0.759 bits per heavy atom. The molecule has 0 aliphatic carbocycles. The third kappa shape index (κ3) is 4.54. The van der Waals surface area contributed by atoms with Crippen LogP contribution in [0.2, 0.25) is 0 Å². The largest absolute Gasteiger partial charge is 0.471 e.